The van der Waals surface area contributed by atoms with Gasteiger partial charge in [-0.25, -0.2) is 0 Å². The summed E-state index contributed by atoms with van der Waals surface area (Å²) < 4.78 is 6.12. The lowest BCUT2D eigenvalue weighted by molar-refractivity contribution is -0.0126. The number of rotatable bonds is 5. The van der Waals surface area contributed by atoms with Crippen molar-refractivity contribution in [2.45, 2.75) is 65.5 Å². The molecule has 0 bridgehead atoms. The van der Waals surface area contributed by atoms with Crippen LogP contribution in [0.3, 0.4) is 0 Å². The van der Waals surface area contributed by atoms with E-state index in [9.17, 15) is 0 Å². The second kappa shape index (κ2) is 6.28. The minimum Gasteiger partial charge on any atom is -0.373 e. The van der Waals surface area contributed by atoms with Crippen molar-refractivity contribution in [3.8, 4) is 0 Å². The first-order chi connectivity index (χ1) is 9.48. The summed E-state index contributed by atoms with van der Waals surface area (Å²) >= 11 is 0. The quantitative estimate of drug-likeness (QED) is 0.868. The van der Waals surface area contributed by atoms with E-state index in [-0.39, 0.29) is 5.60 Å². The molecule has 1 fully saturated rings. The molecule has 2 unspecified atom stereocenters. The maximum Gasteiger partial charge on any atom is 0.0849 e. The van der Waals surface area contributed by atoms with Gasteiger partial charge in [-0.15, -0.1) is 0 Å². The summed E-state index contributed by atoms with van der Waals surface area (Å²) in [6.45, 7) is 13.0. The van der Waals surface area contributed by atoms with Crippen LogP contribution in [0.4, 0.5) is 0 Å². The predicted octanol–water partition coefficient (Wildman–Crippen LogP) is 4.22. The lowest BCUT2D eigenvalue weighted by Crippen LogP contribution is -2.42. The Morgan fingerprint density at radius 1 is 1.20 bits per heavy atom. The highest BCUT2D eigenvalue weighted by molar-refractivity contribution is 5.39. The average Bonchev–Trinajstić information content (AvgIpc) is 2.83. The lowest BCUT2D eigenvalue weighted by Gasteiger charge is -2.36. The van der Waals surface area contributed by atoms with Crippen molar-refractivity contribution < 1.29 is 4.74 Å². The number of ether oxygens (including phenoxy) is 1. The maximum atomic E-state index is 6.12. The van der Waals surface area contributed by atoms with Crippen molar-refractivity contribution >= 4 is 0 Å². The highest BCUT2D eigenvalue weighted by Gasteiger charge is 2.39. The van der Waals surface area contributed by atoms with Crippen LogP contribution in [-0.2, 0) is 4.74 Å². The van der Waals surface area contributed by atoms with Gasteiger partial charge in [0.25, 0.3) is 0 Å². The minimum absolute atomic E-state index is 0.0678. The Labute approximate surface area is 123 Å². The van der Waals surface area contributed by atoms with Crippen molar-refractivity contribution in [1.29, 1.82) is 0 Å². The Morgan fingerprint density at radius 2 is 1.90 bits per heavy atom. The lowest BCUT2D eigenvalue weighted by atomic mass is 9.84. The first kappa shape index (κ1) is 15.5. The van der Waals surface area contributed by atoms with Crippen molar-refractivity contribution in [3.63, 3.8) is 0 Å². The first-order valence-corrected chi connectivity index (χ1v) is 7.93. The molecule has 1 aromatic carbocycles. The SMILES string of the molecule is CCCNC(c1cc(C)c(C)cc1C)C1(C)CCCO1. The summed E-state index contributed by atoms with van der Waals surface area (Å²) in [7, 11) is 0. The van der Waals surface area contributed by atoms with E-state index in [1.54, 1.807) is 0 Å². The van der Waals surface area contributed by atoms with Crippen LogP contribution in [0.5, 0.6) is 0 Å². The van der Waals surface area contributed by atoms with E-state index < -0.39 is 0 Å². The average molecular weight is 275 g/mol. The van der Waals surface area contributed by atoms with E-state index >= 15 is 0 Å². The molecule has 1 saturated heterocycles. The Morgan fingerprint density at radius 3 is 2.50 bits per heavy atom. The predicted molar refractivity (Wildman–Crippen MR) is 85.3 cm³/mol. The number of hydrogen-bond donors (Lipinski definition) is 1. The fourth-order valence-corrected chi connectivity index (χ4v) is 3.27. The molecule has 0 aromatic heterocycles. The van der Waals surface area contributed by atoms with Gasteiger partial charge in [0.15, 0.2) is 0 Å². The smallest absolute Gasteiger partial charge is 0.0849 e. The van der Waals surface area contributed by atoms with Crippen LogP contribution in [0.15, 0.2) is 12.1 Å². The van der Waals surface area contributed by atoms with E-state index in [2.05, 4.69) is 52.1 Å². The number of nitrogens with one attached hydrogen (secondary N) is 1. The third-order valence-electron chi connectivity index (χ3n) is 4.65. The fraction of sp³-hybridized carbons (Fsp3) is 0.667. The zero-order chi connectivity index (χ0) is 14.8. The molecule has 112 valence electrons. The van der Waals surface area contributed by atoms with Gasteiger partial charge in [-0.2, -0.15) is 0 Å². The zero-order valence-electron chi connectivity index (χ0n) is 13.7. The van der Waals surface area contributed by atoms with Crippen LogP contribution in [0.1, 0.15) is 61.4 Å². The molecule has 2 rings (SSSR count). The molecule has 1 N–H and O–H groups in total. The molecule has 1 aliphatic heterocycles. The third-order valence-corrected chi connectivity index (χ3v) is 4.65. The maximum absolute atomic E-state index is 6.12. The molecule has 1 heterocycles. The second-order valence-electron chi connectivity index (χ2n) is 6.44. The van der Waals surface area contributed by atoms with Gasteiger partial charge in [-0.3, -0.25) is 0 Å². The van der Waals surface area contributed by atoms with Crippen LogP contribution < -0.4 is 5.32 Å². The standard InChI is InChI=1S/C18H29NO/c1-6-9-19-17(18(5)8-7-10-20-18)16-12-14(3)13(2)11-15(16)4/h11-12,17,19H,6-10H2,1-5H3. The molecule has 2 nitrogen and oxygen atoms in total. The van der Waals surface area contributed by atoms with Crippen LogP contribution >= 0.6 is 0 Å². The Kier molecular flexibility index (Phi) is 4.87. The molecule has 1 aromatic rings. The van der Waals surface area contributed by atoms with E-state index in [0.29, 0.717) is 6.04 Å². The molecule has 0 spiro atoms. The van der Waals surface area contributed by atoms with Crippen LogP contribution in [-0.4, -0.2) is 18.8 Å². The Hall–Kier alpha value is -0.860. The number of benzene rings is 1. The molecule has 2 heteroatoms. The molecule has 1 aliphatic rings. The number of aryl methyl sites for hydroxylation is 3. The van der Waals surface area contributed by atoms with Crippen molar-refractivity contribution in [2.24, 2.45) is 0 Å². The molecule has 0 amide bonds. The van der Waals surface area contributed by atoms with E-state index in [0.717, 1.165) is 26.0 Å². The topological polar surface area (TPSA) is 21.3 Å². The second-order valence-corrected chi connectivity index (χ2v) is 6.44. The molecular formula is C18H29NO. The summed E-state index contributed by atoms with van der Waals surface area (Å²) in [4.78, 5) is 0. The zero-order valence-corrected chi connectivity index (χ0v) is 13.7. The van der Waals surface area contributed by atoms with Gasteiger partial charge in [0.1, 0.15) is 0 Å². The third kappa shape index (κ3) is 3.07. The molecular weight excluding hydrogens is 246 g/mol. The highest BCUT2D eigenvalue weighted by Crippen LogP contribution is 2.39. The monoisotopic (exact) mass is 275 g/mol. The van der Waals surface area contributed by atoms with Crippen molar-refractivity contribution in [1.82, 2.24) is 5.32 Å². The van der Waals surface area contributed by atoms with Gasteiger partial charge in [0.2, 0.25) is 0 Å². The van der Waals surface area contributed by atoms with Gasteiger partial charge in [-0.05, 0) is 75.8 Å². The van der Waals surface area contributed by atoms with Crippen molar-refractivity contribution in [3.05, 3.63) is 34.4 Å². The largest absolute Gasteiger partial charge is 0.373 e. The van der Waals surface area contributed by atoms with E-state index in [1.165, 1.54) is 28.7 Å². The molecule has 2 atom stereocenters. The summed E-state index contributed by atoms with van der Waals surface area (Å²) in [6, 6.07) is 4.96. The normalized spacial score (nSPS) is 24.1. The van der Waals surface area contributed by atoms with E-state index in [1.807, 2.05) is 0 Å². The summed E-state index contributed by atoms with van der Waals surface area (Å²) in [5.74, 6) is 0. The highest BCUT2D eigenvalue weighted by atomic mass is 16.5. The van der Waals surface area contributed by atoms with E-state index in [4.69, 9.17) is 4.74 Å². The van der Waals surface area contributed by atoms with Gasteiger partial charge >= 0.3 is 0 Å². The van der Waals surface area contributed by atoms with Gasteiger partial charge in [0, 0.05) is 6.61 Å². The van der Waals surface area contributed by atoms with Crippen molar-refractivity contribution in [2.75, 3.05) is 13.2 Å². The van der Waals surface area contributed by atoms with Gasteiger partial charge in [-0.1, -0.05) is 19.1 Å². The summed E-state index contributed by atoms with van der Waals surface area (Å²) in [5, 5.41) is 3.73. The Balaban J connectivity index is 2.38. The van der Waals surface area contributed by atoms with Gasteiger partial charge in [0.05, 0.1) is 11.6 Å². The summed E-state index contributed by atoms with van der Waals surface area (Å²) in [5.41, 5.74) is 5.46. The summed E-state index contributed by atoms with van der Waals surface area (Å²) in [6.07, 6.45) is 3.46. The van der Waals surface area contributed by atoms with Crippen LogP contribution in [0, 0.1) is 20.8 Å². The molecule has 0 radical (unpaired) electrons. The molecule has 0 saturated carbocycles. The van der Waals surface area contributed by atoms with Crippen LogP contribution in [0.25, 0.3) is 0 Å². The first-order valence-electron chi connectivity index (χ1n) is 7.93. The fourth-order valence-electron chi connectivity index (χ4n) is 3.27. The van der Waals surface area contributed by atoms with Gasteiger partial charge < -0.3 is 10.1 Å². The minimum atomic E-state index is -0.0678. The van der Waals surface area contributed by atoms with Crippen LogP contribution in [0.2, 0.25) is 0 Å². The molecule has 20 heavy (non-hydrogen) atoms. The molecule has 0 aliphatic carbocycles. The Bertz CT molecular complexity index is 461. The number of hydrogen-bond acceptors (Lipinski definition) is 2.